The summed E-state index contributed by atoms with van der Waals surface area (Å²) in [5, 5.41) is 17.9. The smallest absolute Gasteiger partial charge is 0.123 e. The van der Waals surface area contributed by atoms with E-state index >= 15 is 0 Å². The Kier molecular flexibility index (Phi) is 4.29. The second kappa shape index (κ2) is 5.94. The molecular formula is C14H17FN2O. The molecule has 1 saturated heterocycles. The van der Waals surface area contributed by atoms with Crippen molar-refractivity contribution in [2.45, 2.75) is 19.4 Å². The van der Waals surface area contributed by atoms with Gasteiger partial charge in [0.05, 0.1) is 11.6 Å². The summed E-state index contributed by atoms with van der Waals surface area (Å²) in [6, 6.07) is 6.40. The van der Waals surface area contributed by atoms with Crippen LogP contribution in [0.4, 0.5) is 4.39 Å². The number of likely N-dealkylation sites (tertiary alicyclic amines) is 1. The molecule has 0 bridgehead atoms. The lowest BCUT2D eigenvalue weighted by atomic mass is 10.1. The Bertz CT molecular complexity index is 456. The van der Waals surface area contributed by atoms with Gasteiger partial charge in [-0.05, 0) is 49.1 Å². The van der Waals surface area contributed by atoms with E-state index in [1.807, 2.05) is 0 Å². The number of halogens is 1. The normalized spacial score (nSPS) is 19.9. The molecular weight excluding hydrogens is 231 g/mol. The molecule has 1 heterocycles. The van der Waals surface area contributed by atoms with Crippen LogP contribution < -0.4 is 0 Å². The molecule has 1 aromatic rings. The minimum atomic E-state index is -0.296. The van der Waals surface area contributed by atoms with Crippen LogP contribution in [0.3, 0.4) is 0 Å². The number of nitriles is 1. The van der Waals surface area contributed by atoms with Gasteiger partial charge in [-0.15, -0.1) is 0 Å². The van der Waals surface area contributed by atoms with Gasteiger partial charge in [-0.1, -0.05) is 0 Å². The van der Waals surface area contributed by atoms with Gasteiger partial charge in [-0.3, -0.25) is 4.90 Å². The maximum atomic E-state index is 13.2. The zero-order valence-corrected chi connectivity index (χ0v) is 10.3. The van der Waals surface area contributed by atoms with Crippen molar-refractivity contribution in [1.82, 2.24) is 4.90 Å². The lowest BCUT2D eigenvalue weighted by Gasteiger charge is -2.16. The summed E-state index contributed by atoms with van der Waals surface area (Å²) >= 11 is 0. The molecule has 1 aliphatic heterocycles. The molecule has 1 atom stereocenters. The maximum absolute atomic E-state index is 13.2. The Labute approximate surface area is 106 Å². The first-order valence-electron chi connectivity index (χ1n) is 6.24. The SMILES string of the molecule is N#Cc1ccc(F)cc1CN1CCC(CCO)C1. The van der Waals surface area contributed by atoms with Crippen molar-refractivity contribution >= 4 is 0 Å². The van der Waals surface area contributed by atoms with E-state index in [1.54, 1.807) is 0 Å². The number of rotatable bonds is 4. The van der Waals surface area contributed by atoms with Crippen LogP contribution in [0.5, 0.6) is 0 Å². The van der Waals surface area contributed by atoms with Crippen molar-refractivity contribution < 1.29 is 9.50 Å². The third-order valence-electron chi connectivity index (χ3n) is 3.49. The first kappa shape index (κ1) is 13.0. The minimum Gasteiger partial charge on any atom is -0.396 e. The number of aliphatic hydroxyl groups excluding tert-OH is 1. The van der Waals surface area contributed by atoms with Crippen molar-refractivity contribution in [3.8, 4) is 6.07 Å². The highest BCUT2D eigenvalue weighted by molar-refractivity contribution is 5.37. The number of aliphatic hydroxyl groups is 1. The van der Waals surface area contributed by atoms with Gasteiger partial charge in [0.25, 0.3) is 0 Å². The molecule has 1 aromatic carbocycles. The van der Waals surface area contributed by atoms with Gasteiger partial charge in [-0.2, -0.15) is 5.26 Å². The van der Waals surface area contributed by atoms with E-state index in [0.717, 1.165) is 31.5 Å². The molecule has 1 unspecified atom stereocenters. The molecule has 0 aliphatic carbocycles. The quantitative estimate of drug-likeness (QED) is 0.885. The molecule has 4 heteroatoms. The van der Waals surface area contributed by atoms with Gasteiger partial charge in [0, 0.05) is 19.7 Å². The zero-order valence-electron chi connectivity index (χ0n) is 10.3. The minimum absolute atomic E-state index is 0.224. The zero-order chi connectivity index (χ0) is 13.0. The van der Waals surface area contributed by atoms with E-state index in [9.17, 15) is 4.39 Å². The van der Waals surface area contributed by atoms with Crippen molar-refractivity contribution in [2.75, 3.05) is 19.7 Å². The first-order chi connectivity index (χ1) is 8.72. The predicted octanol–water partition coefficient (Wildman–Crippen LogP) is 1.90. The highest BCUT2D eigenvalue weighted by atomic mass is 19.1. The molecule has 0 spiro atoms. The number of hydrogen-bond donors (Lipinski definition) is 1. The van der Waals surface area contributed by atoms with Gasteiger partial charge in [0.15, 0.2) is 0 Å². The fourth-order valence-corrected chi connectivity index (χ4v) is 2.52. The van der Waals surface area contributed by atoms with Gasteiger partial charge in [0.1, 0.15) is 5.82 Å². The van der Waals surface area contributed by atoms with Crippen LogP contribution in [0.25, 0.3) is 0 Å². The number of nitrogens with zero attached hydrogens (tertiary/aromatic N) is 2. The Balaban J connectivity index is 2.02. The largest absolute Gasteiger partial charge is 0.396 e. The highest BCUT2D eigenvalue weighted by Crippen LogP contribution is 2.22. The second-order valence-electron chi connectivity index (χ2n) is 4.82. The van der Waals surface area contributed by atoms with E-state index < -0.39 is 0 Å². The summed E-state index contributed by atoms with van der Waals surface area (Å²) < 4.78 is 13.2. The first-order valence-corrected chi connectivity index (χ1v) is 6.24. The molecule has 0 saturated carbocycles. The Morgan fingerprint density at radius 3 is 3.06 bits per heavy atom. The van der Waals surface area contributed by atoms with Crippen molar-refractivity contribution in [3.05, 3.63) is 35.1 Å². The molecule has 0 amide bonds. The van der Waals surface area contributed by atoms with Crippen LogP contribution in [-0.4, -0.2) is 29.7 Å². The third kappa shape index (κ3) is 3.06. The average Bonchev–Trinajstić information content (AvgIpc) is 2.77. The number of benzene rings is 1. The van der Waals surface area contributed by atoms with Crippen LogP contribution in [0.1, 0.15) is 24.0 Å². The predicted molar refractivity (Wildman–Crippen MR) is 66.2 cm³/mol. The fourth-order valence-electron chi connectivity index (χ4n) is 2.52. The molecule has 2 rings (SSSR count). The Morgan fingerprint density at radius 1 is 1.50 bits per heavy atom. The van der Waals surface area contributed by atoms with Crippen molar-refractivity contribution in [3.63, 3.8) is 0 Å². The molecule has 18 heavy (non-hydrogen) atoms. The molecule has 3 nitrogen and oxygen atoms in total. The summed E-state index contributed by atoms with van der Waals surface area (Å²) in [4.78, 5) is 2.22. The van der Waals surface area contributed by atoms with Crippen LogP contribution in [0.15, 0.2) is 18.2 Å². The van der Waals surface area contributed by atoms with Gasteiger partial charge in [0.2, 0.25) is 0 Å². The van der Waals surface area contributed by atoms with Gasteiger partial charge >= 0.3 is 0 Å². The monoisotopic (exact) mass is 248 g/mol. The topological polar surface area (TPSA) is 47.3 Å². The van der Waals surface area contributed by atoms with Gasteiger partial charge in [-0.25, -0.2) is 4.39 Å². The summed E-state index contributed by atoms with van der Waals surface area (Å²) in [6.07, 6.45) is 1.89. The Morgan fingerprint density at radius 2 is 2.33 bits per heavy atom. The summed E-state index contributed by atoms with van der Waals surface area (Å²) in [6.45, 7) is 2.71. The van der Waals surface area contributed by atoms with E-state index in [0.29, 0.717) is 18.0 Å². The van der Waals surface area contributed by atoms with Crippen LogP contribution in [0, 0.1) is 23.1 Å². The highest BCUT2D eigenvalue weighted by Gasteiger charge is 2.22. The summed E-state index contributed by atoms with van der Waals surface area (Å²) in [7, 11) is 0. The third-order valence-corrected chi connectivity index (χ3v) is 3.49. The van der Waals surface area contributed by atoms with Crippen LogP contribution >= 0.6 is 0 Å². The molecule has 0 radical (unpaired) electrons. The average molecular weight is 248 g/mol. The summed E-state index contributed by atoms with van der Waals surface area (Å²) in [5.41, 5.74) is 1.30. The summed E-state index contributed by atoms with van der Waals surface area (Å²) in [5.74, 6) is 0.226. The molecule has 96 valence electrons. The van der Waals surface area contributed by atoms with Crippen molar-refractivity contribution in [2.24, 2.45) is 5.92 Å². The van der Waals surface area contributed by atoms with E-state index in [4.69, 9.17) is 10.4 Å². The van der Waals surface area contributed by atoms with Gasteiger partial charge < -0.3 is 5.11 Å². The molecule has 1 N–H and O–H groups in total. The fraction of sp³-hybridized carbons (Fsp3) is 0.500. The Hall–Kier alpha value is -1.44. The standard InChI is InChI=1S/C14H17FN2O/c15-14-2-1-12(8-16)13(7-14)10-17-5-3-11(9-17)4-6-18/h1-2,7,11,18H,3-6,9-10H2. The van der Waals surface area contributed by atoms with Crippen LogP contribution in [-0.2, 0) is 6.54 Å². The van der Waals surface area contributed by atoms with Crippen molar-refractivity contribution in [1.29, 1.82) is 5.26 Å². The number of hydrogen-bond acceptors (Lipinski definition) is 3. The lowest BCUT2D eigenvalue weighted by Crippen LogP contribution is -2.21. The van der Waals surface area contributed by atoms with E-state index in [-0.39, 0.29) is 12.4 Å². The van der Waals surface area contributed by atoms with E-state index in [2.05, 4.69) is 11.0 Å². The lowest BCUT2D eigenvalue weighted by molar-refractivity contribution is 0.249. The molecule has 0 aromatic heterocycles. The van der Waals surface area contributed by atoms with Crippen LogP contribution in [0.2, 0.25) is 0 Å². The molecule has 1 aliphatic rings. The maximum Gasteiger partial charge on any atom is 0.123 e. The molecule has 1 fully saturated rings. The van der Waals surface area contributed by atoms with E-state index in [1.165, 1.54) is 18.2 Å². The second-order valence-corrected chi connectivity index (χ2v) is 4.82.